The fraction of sp³-hybridized carbons (Fsp3) is 0.400. The maximum Gasteiger partial charge on any atom is 0.132 e. The lowest BCUT2D eigenvalue weighted by Gasteiger charge is -2.11. The van der Waals surface area contributed by atoms with Crippen LogP contribution in [0.2, 0.25) is 0 Å². The molecule has 0 aliphatic heterocycles. The Kier molecular flexibility index (Phi) is 3.63. The molecule has 0 spiro atoms. The summed E-state index contributed by atoms with van der Waals surface area (Å²) in [6.45, 7) is 0.921. The molecule has 2 nitrogen and oxygen atoms in total. The lowest BCUT2D eigenvalue weighted by Crippen LogP contribution is -2.10. The molecule has 0 saturated heterocycles. The zero-order valence-electron chi connectivity index (χ0n) is 8.24. The predicted molar refractivity (Wildman–Crippen MR) is 57.6 cm³/mol. The van der Waals surface area contributed by atoms with Crippen molar-refractivity contribution in [1.29, 1.82) is 0 Å². The minimum absolute atomic E-state index is 0.836. The van der Waals surface area contributed by atoms with Crippen LogP contribution in [0.1, 0.15) is 5.56 Å². The third-order valence-corrected chi connectivity index (χ3v) is 2.11. The van der Waals surface area contributed by atoms with Crippen molar-refractivity contribution in [3.63, 3.8) is 0 Å². The Labute approximate surface area is 84.9 Å². The van der Waals surface area contributed by atoms with Gasteiger partial charge in [-0.15, -0.1) is 12.6 Å². The van der Waals surface area contributed by atoms with E-state index in [-0.39, 0.29) is 0 Å². The minimum atomic E-state index is 0.836. The lowest BCUT2D eigenvalue weighted by atomic mass is 10.2. The first-order chi connectivity index (χ1) is 6.13. The fourth-order valence-electron chi connectivity index (χ4n) is 1.19. The van der Waals surface area contributed by atoms with Gasteiger partial charge in [0, 0.05) is 11.4 Å². The van der Waals surface area contributed by atoms with Gasteiger partial charge in [0.1, 0.15) is 5.75 Å². The van der Waals surface area contributed by atoms with Crippen LogP contribution in [0, 0.1) is 0 Å². The zero-order chi connectivity index (χ0) is 9.84. The van der Waals surface area contributed by atoms with Crippen LogP contribution in [-0.4, -0.2) is 26.1 Å². The first-order valence-electron chi connectivity index (χ1n) is 4.14. The summed E-state index contributed by atoms with van der Waals surface area (Å²) in [7, 11) is 5.75. The van der Waals surface area contributed by atoms with Crippen molar-refractivity contribution >= 4 is 12.6 Å². The van der Waals surface area contributed by atoms with Gasteiger partial charge in [-0.05, 0) is 31.8 Å². The number of nitrogens with zero attached hydrogens (tertiary/aromatic N) is 1. The Morgan fingerprint density at radius 1 is 1.38 bits per heavy atom. The zero-order valence-corrected chi connectivity index (χ0v) is 9.14. The molecule has 3 heteroatoms. The van der Waals surface area contributed by atoms with Crippen molar-refractivity contribution in [2.45, 2.75) is 11.4 Å². The van der Waals surface area contributed by atoms with Crippen LogP contribution < -0.4 is 4.74 Å². The molecular formula is C10H15NOS. The van der Waals surface area contributed by atoms with Crippen LogP contribution in [-0.2, 0) is 6.54 Å². The average Bonchev–Trinajstić information content (AvgIpc) is 2.07. The molecule has 0 heterocycles. The van der Waals surface area contributed by atoms with Crippen molar-refractivity contribution < 1.29 is 4.74 Å². The number of hydrogen-bond acceptors (Lipinski definition) is 3. The maximum atomic E-state index is 5.17. The highest BCUT2D eigenvalue weighted by molar-refractivity contribution is 7.80. The van der Waals surface area contributed by atoms with E-state index in [9.17, 15) is 0 Å². The largest absolute Gasteiger partial charge is 0.496 e. The highest BCUT2D eigenvalue weighted by Crippen LogP contribution is 2.23. The molecule has 0 radical (unpaired) electrons. The summed E-state index contributed by atoms with van der Waals surface area (Å²) in [5.41, 5.74) is 1.24. The van der Waals surface area contributed by atoms with E-state index in [1.54, 1.807) is 7.11 Å². The molecule has 0 fully saturated rings. The van der Waals surface area contributed by atoms with Gasteiger partial charge in [0.05, 0.1) is 7.11 Å². The van der Waals surface area contributed by atoms with Gasteiger partial charge < -0.3 is 9.64 Å². The number of hydrogen-bond donors (Lipinski definition) is 1. The molecule has 1 aromatic carbocycles. The summed E-state index contributed by atoms with van der Waals surface area (Å²) in [5.74, 6) is 0.836. The van der Waals surface area contributed by atoms with E-state index in [4.69, 9.17) is 4.74 Å². The molecule has 0 amide bonds. The van der Waals surface area contributed by atoms with Gasteiger partial charge in [0.25, 0.3) is 0 Å². The van der Waals surface area contributed by atoms with Gasteiger partial charge in [-0.2, -0.15) is 0 Å². The lowest BCUT2D eigenvalue weighted by molar-refractivity contribution is 0.391. The van der Waals surface area contributed by atoms with Crippen molar-refractivity contribution in [2.24, 2.45) is 0 Å². The van der Waals surface area contributed by atoms with Crippen LogP contribution in [0.25, 0.3) is 0 Å². The Morgan fingerprint density at radius 3 is 2.62 bits per heavy atom. The summed E-state index contributed by atoms with van der Waals surface area (Å²) in [6, 6.07) is 6.04. The normalized spacial score (nSPS) is 10.5. The number of ether oxygens (including phenoxy) is 1. The van der Waals surface area contributed by atoms with E-state index in [0.717, 1.165) is 17.2 Å². The summed E-state index contributed by atoms with van der Waals surface area (Å²) >= 11 is 4.28. The first kappa shape index (κ1) is 10.4. The first-order valence-corrected chi connectivity index (χ1v) is 4.59. The second kappa shape index (κ2) is 4.53. The Balaban J connectivity index is 2.86. The molecule has 72 valence electrons. The van der Waals surface area contributed by atoms with Crippen molar-refractivity contribution in [3.05, 3.63) is 23.8 Å². The van der Waals surface area contributed by atoms with Crippen LogP contribution in [0.4, 0.5) is 0 Å². The molecule has 13 heavy (non-hydrogen) atoms. The topological polar surface area (TPSA) is 12.5 Å². The highest BCUT2D eigenvalue weighted by Gasteiger charge is 2.01. The molecule has 0 aromatic heterocycles. The number of thiol groups is 1. The molecular weight excluding hydrogens is 182 g/mol. The van der Waals surface area contributed by atoms with Gasteiger partial charge in [0.15, 0.2) is 0 Å². The number of benzene rings is 1. The molecule has 0 aliphatic rings. The molecule has 1 rings (SSSR count). The fourth-order valence-corrected chi connectivity index (χ4v) is 1.42. The summed E-state index contributed by atoms with van der Waals surface area (Å²) in [4.78, 5) is 3.00. The van der Waals surface area contributed by atoms with Gasteiger partial charge >= 0.3 is 0 Å². The smallest absolute Gasteiger partial charge is 0.132 e. The molecule has 0 N–H and O–H groups in total. The molecule has 0 unspecified atom stereocenters. The third kappa shape index (κ3) is 2.94. The van der Waals surface area contributed by atoms with Crippen molar-refractivity contribution in [2.75, 3.05) is 21.2 Å². The molecule has 0 bridgehead atoms. The van der Waals surface area contributed by atoms with Gasteiger partial charge in [0.2, 0.25) is 0 Å². The van der Waals surface area contributed by atoms with Gasteiger partial charge in [-0.3, -0.25) is 0 Å². The number of methoxy groups -OCH3 is 1. The maximum absolute atomic E-state index is 5.17. The number of rotatable bonds is 3. The third-order valence-electron chi connectivity index (χ3n) is 1.74. The quantitative estimate of drug-likeness (QED) is 0.745. The second-order valence-corrected chi connectivity index (χ2v) is 3.73. The molecule has 0 atom stereocenters. The second-order valence-electron chi connectivity index (χ2n) is 3.24. The van der Waals surface area contributed by atoms with Crippen LogP contribution in [0.3, 0.4) is 0 Å². The molecule has 0 aliphatic carbocycles. The Hall–Kier alpha value is -0.670. The summed E-state index contributed by atoms with van der Waals surface area (Å²) in [6.07, 6.45) is 0. The van der Waals surface area contributed by atoms with Gasteiger partial charge in [-0.25, -0.2) is 0 Å². The van der Waals surface area contributed by atoms with E-state index < -0.39 is 0 Å². The van der Waals surface area contributed by atoms with E-state index in [2.05, 4.69) is 23.6 Å². The van der Waals surface area contributed by atoms with E-state index >= 15 is 0 Å². The van der Waals surface area contributed by atoms with E-state index in [1.807, 2.05) is 26.2 Å². The molecule has 0 saturated carbocycles. The highest BCUT2D eigenvalue weighted by atomic mass is 32.1. The van der Waals surface area contributed by atoms with Gasteiger partial charge in [-0.1, -0.05) is 6.07 Å². The van der Waals surface area contributed by atoms with E-state index in [0.29, 0.717) is 0 Å². The summed E-state index contributed by atoms with van der Waals surface area (Å²) in [5, 5.41) is 0. The predicted octanol–water partition coefficient (Wildman–Crippen LogP) is 2.05. The standard InChI is InChI=1S/C10H15NOS/c1-11(2)7-8-4-5-10(13)9(6-8)12-3/h4-6,13H,7H2,1-3H3. The van der Waals surface area contributed by atoms with Crippen LogP contribution in [0.5, 0.6) is 5.75 Å². The Morgan fingerprint density at radius 2 is 2.08 bits per heavy atom. The van der Waals surface area contributed by atoms with Crippen LogP contribution in [0.15, 0.2) is 23.1 Å². The molecule has 1 aromatic rings. The average molecular weight is 197 g/mol. The minimum Gasteiger partial charge on any atom is -0.496 e. The van der Waals surface area contributed by atoms with E-state index in [1.165, 1.54) is 5.56 Å². The van der Waals surface area contributed by atoms with Crippen molar-refractivity contribution in [1.82, 2.24) is 4.90 Å². The van der Waals surface area contributed by atoms with Crippen LogP contribution >= 0.6 is 12.6 Å². The SMILES string of the molecule is COc1cc(CN(C)C)ccc1S. The van der Waals surface area contributed by atoms with Crippen molar-refractivity contribution in [3.8, 4) is 5.75 Å². The summed E-state index contributed by atoms with van der Waals surface area (Å²) < 4.78 is 5.17. The Bertz CT molecular complexity index is 286. The monoisotopic (exact) mass is 197 g/mol.